The van der Waals surface area contributed by atoms with E-state index in [4.69, 9.17) is 0 Å². The molecule has 0 saturated heterocycles. The van der Waals surface area contributed by atoms with E-state index >= 15 is 0 Å². The van der Waals surface area contributed by atoms with Crippen LogP contribution in [-0.2, 0) is 0 Å². The van der Waals surface area contributed by atoms with Crippen LogP contribution >= 0.6 is 11.8 Å². The lowest BCUT2D eigenvalue weighted by molar-refractivity contribution is 0.0949. The fourth-order valence-corrected chi connectivity index (χ4v) is 3.52. The summed E-state index contributed by atoms with van der Waals surface area (Å²) in [6.45, 7) is 10.1. The highest BCUT2D eigenvalue weighted by Crippen LogP contribution is 2.21. The Balaban J connectivity index is 2.04. The van der Waals surface area contributed by atoms with Gasteiger partial charge in [0.1, 0.15) is 10.9 Å². The molecule has 0 spiro atoms. The van der Waals surface area contributed by atoms with E-state index in [-0.39, 0.29) is 5.91 Å². The van der Waals surface area contributed by atoms with Crippen LogP contribution < -0.4 is 10.2 Å². The van der Waals surface area contributed by atoms with Gasteiger partial charge in [0.05, 0.1) is 11.3 Å². The first-order chi connectivity index (χ1) is 12.0. The number of nitrogens with one attached hydrogen (secondary N) is 1. The average Bonchev–Trinajstić information content (AvgIpc) is 2.58. The van der Waals surface area contributed by atoms with E-state index in [1.54, 1.807) is 0 Å². The molecule has 0 aliphatic heterocycles. The molecule has 0 radical (unpaired) electrons. The first-order valence-electron chi connectivity index (χ1n) is 8.45. The van der Waals surface area contributed by atoms with Crippen molar-refractivity contribution < 1.29 is 4.79 Å². The number of carbonyl (C=O) groups excluding carboxylic acids is 1. The average molecular weight is 359 g/mol. The number of hydrogen-bond acceptors (Lipinski definition) is 5. The molecule has 5 nitrogen and oxygen atoms in total. The summed E-state index contributed by atoms with van der Waals surface area (Å²) in [6, 6.07) is 8.30. The Bertz CT molecular complexity index is 748. The molecular formula is C19H26N4OS. The number of hydrogen-bond donors (Lipinski definition) is 1. The molecular weight excluding hydrogens is 332 g/mol. The molecule has 0 bridgehead atoms. The summed E-state index contributed by atoms with van der Waals surface area (Å²) in [4.78, 5) is 23.6. The molecule has 2 rings (SSSR count). The van der Waals surface area contributed by atoms with Gasteiger partial charge in [-0.25, -0.2) is 9.97 Å². The number of anilines is 1. The summed E-state index contributed by atoms with van der Waals surface area (Å²) in [7, 11) is 0. The van der Waals surface area contributed by atoms with Crippen molar-refractivity contribution in [2.45, 2.75) is 32.7 Å². The number of aryl methyl sites for hydroxylation is 3. The van der Waals surface area contributed by atoms with Gasteiger partial charge >= 0.3 is 0 Å². The minimum atomic E-state index is -0.109. The number of rotatable bonds is 7. The number of amides is 1. The van der Waals surface area contributed by atoms with Crippen molar-refractivity contribution in [1.29, 1.82) is 0 Å². The van der Waals surface area contributed by atoms with Crippen LogP contribution in [0, 0.1) is 20.8 Å². The van der Waals surface area contributed by atoms with Crippen molar-refractivity contribution in [3.63, 3.8) is 0 Å². The van der Waals surface area contributed by atoms with E-state index in [9.17, 15) is 4.79 Å². The Morgan fingerprint density at radius 3 is 2.56 bits per heavy atom. The Kier molecular flexibility index (Phi) is 6.82. The van der Waals surface area contributed by atoms with Crippen molar-refractivity contribution in [2.75, 3.05) is 30.8 Å². The van der Waals surface area contributed by atoms with Gasteiger partial charge < -0.3 is 10.2 Å². The van der Waals surface area contributed by atoms with E-state index in [0.29, 0.717) is 17.9 Å². The highest BCUT2D eigenvalue weighted by atomic mass is 32.2. The molecule has 1 heterocycles. The Labute approximate surface area is 154 Å². The van der Waals surface area contributed by atoms with Gasteiger partial charge in [0.25, 0.3) is 5.91 Å². The van der Waals surface area contributed by atoms with Gasteiger partial charge in [-0.1, -0.05) is 18.2 Å². The number of likely N-dealkylation sites (N-methyl/N-ethyl adjacent to an activating group) is 1. The van der Waals surface area contributed by atoms with E-state index in [0.717, 1.165) is 23.8 Å². The second-order valence-electron chi connectivity index (χ2n) is 5.86. The summed E-state index contributed by atoms with van der Waals surface area (Å²) in [6.07, 6.45) is 1.93. The fourth-order valence-electron chi connectivity index (χ4n) is 2.85. The first kappa shape index (κ1) is 19.2. The molecule has 0 atom stereocenters. The third-order valence-corrected chi connectivity index (χ3v) is 4.78. The van der Waals surface area contributed by atoms with Gasteiger partial charge in [-0.05, 0) is 45.6 Å². The maximum atomic E-state index is 12.6. The zero-order chi connectivity index (χ0) is 18.4. The van der Waals surface area contributed by atoms with E-state index in [2.05, 4.69) is 46.2 Å². The number of nitrogens with zero attached hydrogens (tertiary/aromatic N) is 3. The molecule has 0 aliphatic carbocycles. The van der Waals surface area contributed by atoms with Crippen LogP contribution in [0.4, 0.5) is 5.69 Å². The van der Waals surface area contributed by atoms with E-state index < -0.39 is 0 Å². The van der Waals surface area contributed by atoms with Crippen LogP contribution in [0.15, 0.2) is 29.3 Å². The van der Waals surface area contributed by atoms with Gasteiger partial charge in [0.2, 0.25) is 0 Å². The van der Waals surface area contributed by atoms with Crippen molar-refractivity contribution in [2.24, 2.45) is 0 Å². The molecule has 0 aliphatic rings. The Hall–Kier alpha value is -2.08. The summed E-state index contributed by atoms with van der Waals surface area (Å²) in [5, 5.41) is 3.74. The Morgan fingerprint density at radius 2 is 1.92 bits per heavy atom. The Morgan fingerprint density at radius 1 is 1.20 bits per heavy atom. The van der Waals surface area contributed by atoms with Gasteiger partial charge in [0, 0.05) is 25.3 Å². The summed E-state index contributed by atoms with van der Waals surface area (Å²) >= 11 is 1.47. The third-order valence-electron chi connectivity index (χ3n) is 4.09. The quantitative estimate of drug-likeness (QED) is 0.607. The SMILES string of the molecule is CCN(CCNC(=O)c1c(C)nc(C)nc1SC)c1ccccc1C. The monoisotopic (exact) mass is 358 g/mol. The summed E-state index contributed by atoms with van der Waals surface area (Å²) < 4.78 is 0. The lowest BCUT2D eigenvalue weighted by Crippen LogP contribution is -2.35. The van der Waals surface area contributed by atoms with Gasteiger partial charge in [-0.3, -0.25) is 4.79 Å². The third kappa shape index (κ3) is 4.72. The molecule has 1 N–H and O–H groups in total. The highest BCUT2D eigenvalue weighted by Gasteiger charge is 2.17. The minimum absolute atomic E-state index is 0.109. The van der Waals surface area contributed by atoms with Gasteiger partial charge in [-0.2, -0.15) is 0 Å². The van der Waals surface area contributed by atoms with E-state index in [1.165, 1.54) is 23.0 Å². The standard InChI is InChI=1S/C19H26N4OS/c1-6-23(16-10-8-7-9-13(16)2)12-11-20-18(24)17-14(3)21-15(4)22-19(17)25-5/h7-10H,6,11-12H2,1-5H3,(H,20,24). The van der Waals surface area contributed by atoms with Crippen LogP contribution in [0.5, 0.6) is 0 Å². The molecule has 25 heavy (non-hydrogen) atoms. The lowest BCUT2D eigenvalue weighted by atomic mass is 10.2. The predicted molar refractivity (Wildman–Crippen MR) is 105 cm³/mol. The topological polar surface area (TPSA) is 58.1 Å². The van der Waals surface area contributed by atoms with Crippen LogP contribution in [0.2, 0.25) is 0 Å². The number of para-hydroxylation sites is 1. The molecule has 1 aromatic carbocycles. The normalized spacial score (nSPS) is 10.6. The largest absolute Gasteiger partial charge is 0.370 e. The van der Waals surface area contributed by atoms with Crippen LogP contribution in [-0.4, -0.2) is 41.8 Å². The molecule has 6 heteroatoms. The van der Waals surface area contributed by atoms with Crippen LogP contribution in [0.1, 0.15) is 34.4 Å². The van der Waals surface area contributed by atoms with Crippen LogP contribution in [0.25, 0.3) is 0 Å². The molecule has 0 saturated carbocycles. The number of aromatic nitrogens is 2. The fraction of sp³-hybridized carbons (Fsp3) is 0.421. The zero-order valence-corrected chi connectivity index (χ0v) is 16.4. The zero-order valence-electron chi connectivity index (χ0n) is 15.6. The molecule has 134 valence electrons. The molecule has 1 aromatic heterocycles. The molecule has 0 fully saturated rings. The summed E-state index contributed by atoms with van der Waals surface area (Å²) in [5.74, 6) is 0.581. The van der Waals surface area contributed by atoms with Crippen molar-refractivity contribution in [1.82, 2.24) is 15.3 Å². The van der Waals surface area contributed by atoms with Gasteiger partial charge in [0.15, 0.2) is 0 Å². The van der Waals surface area contributed by atoms with Crippen molar-refractivity contribution in [3.8, 4) is 0 Å². The van der Waals surface area contributed by atoms with Crippen molar-refractivity contribution >= 4 is 23.4 Å². The number of benzene rings is 1. The lowest BCUT2D eigenvalue weighted by Gasteiger charge is -2.25. The first-order valence-corrected chi connectivity index (χ1v) is 9.68. The smallest absolute Gasteiger partial charge is 0.255 e. The second-order valence-corrected chi connectivity index (χ2v) is 6.66. The van der Waals surface area contributed by atoms with Gasteiger partial charge in [-0.15, -0.1) is 11.8 Å². The highest BCUT2D eigenvalue weighted by molar-refractivity contribution is 7.98. The number of carbonyl (C=O) groups is 1. The van der Waals surface area contributed by atoms with Crippen molar-refractivity contribution in [3.05, 3.63) is 46.9 Å². The predicted octanol–water partition coefficient (Wildman–Crippen LogP) is 3.38. The molecule has 0 unspecified atom stereocenters. The molecule has 1 amide bonds. The minimum Gasteiger partial charge on any atom is -0.370 e. The van der Waals surface area contributed by atoms with Crippen LogP contribution in [0.3, 0.4) is 0 Å². The molecule has 2 aromatic rings. The maximum Gasteiger partial charge on any atom is 0.255 e. The maximum absolute atomic E-state index is 12.6. The summed E-state index contributed by atoms with van der Waals surface area (Å²) in [5.41, 5.74) is 3.75. The van der Waals surface area contributed by atoms with E-state index in [1.807, 2.05) is 32.2 Å². The number of thioether (sulfide) groups is 1. The second kappa shape index (κ2) is 8.85.